The van der Waals surface area contributed by atoms with Gasteiger partial charge in [0.15, 0.2) is 11.5 Å². The number of nitrogens with one attached hydrogen (secondary N) is 1. The van der Waals surface area contributed by atoms with E-state index in [2.05, 4.69) is 35.8 Å². The summed E-state index contributed by atoms with van der Waals surface area (Å²) in [6, 6.07) is 13.7. The molecular weight excluding hydrogens is 258 g/mol. The largest absolute Gasteiger partial charge is 0.504 e. The summed E-state index contributed by atoms with van der Waals surface area (Å²) in [5, 5.41) is 13.0. The van der Waals surface area contributed by atoms with Crippen LogP contribution in [0.2, 0.25) is 0 Å². The zero-order valence-corrected chi connectivity index (χ0v) is 11.8. The minimum absolute atomic E-state index is 0.144. The van der Waals surface area contributed by atoms with Crippen molar-refractivity contribution in [2.24, 2.45) is 0 Å². The maximum absolute atomic E-state index is 9.69. The van der Waals surface area contributed by atoms with Gasteiger partial charge < -0.3 is 15.2 Å². The quantitative estimate of drug-likeness (QED) is 0.816. The maximum atomic E-state index is 9.69. The summed E-state index contributed by atoms with van der Waals surface area (Å²) in [5.74, 6) is 0.625. The Balaban J connectivity index is 1.99. The fourth-order valence-corrected chi connectivity index (χ4v) is 2.16. The fraction of sp³-hybridized carbons (Fsp3) is 0.200. The van der Waals surface area contributed by atoms with Gasteiger partial charge in [0.1, 0.15) is 0 Å². The molecule has 2 aromatic rings. The molecule has 0 aliphatic heterocycles. The lowest BCUT2D eigenvalue weighted by Crippen LogP contribution is -1.99. The number of hydrogen-bond donors (Lipinski definition) is 2. The molecule has 0 saturated heterocycles. The van der Waals surface area contributed by atoms with Gasteiger partial charge in [-0.3, -0.25) is 0 Å². The third-order valence-corrected chi connectivity index (χ3v) is 3.58. The molecule has 0 fully saturated rings. The molecule has 0 bridgehead atoms. The van der Waals surface area contributed by atoms with Gasteiger partial charge in [-0.05, 0) is 36.1 Å². The van der Waals surface area contributed by atoms with Gasteiger partial charge >= 0.3 is 0 Å². The predicted molar refractivity (Wildman–Crippen MR) is 80.2 cm³/mol. The molecule has 0 amide bonds. The number of aromatic hydroxyl groups is 1. The van der Waals surface area contributed by atoms with Crippen LogP contribution in [-0.4, -0.2) is 18.5 Å². The van der Waals surface area contributed by atoms with E-state index in [1.807, 2.05) is 6.07 Å². The summed E-state index contributed by atoms with van der Waals surface area (Å²) in [5.41, 5.74) is 2.07. The lowest BCUT2D eigenvalue weighted by Gasteiger charge is -2.09. The normalized spacial score (nSPS) is 10.2. The van der Waals surface area contributed by atoms with Crippen LogP contribution in [0.5, 0.6) is 11.5 Å². The van der Waals surface area contributed by atoms with E-state index in [1.165, 1.54) is 17.6 Å². The van der Waals surface area contributed by atoms with Gasteiger partial charge in [0.25, 0.3) is 0 Å². The Kier molecular flexibility index (Phi) is 4.58. The lowest BCUT2D eigenvalue weighted by atomic mass is 10.2. The molecule has 4 heteroatoms. The highest BCUT2D eigenvalue weighted by Crippen LogP contribution is 2.28. The van der Waals surface area contributed by atoms with Crippen molar-refractivity contribution in [2.75, 3.05) is 18.7 Å². The van der Waals surface area contributed by atoms with Gasteiger partial charge in [-0.15, -0.1) is 11.8 Å². The topological polar surface area (TPSA) is 41.5 Å². The molecule has 0 saturated carbocycles. The van der Waals surface area contributed by atoms with Crippen molar-refractivity contribution in [3.8, 4) is 11.5 Å². The first-order chi connectivity index (χ1) is 9.22. The SMILES string of the molecule is COc1ccc(NCc2ccc(SC)cc2)cc1O. The lowest BCUT2D eigenvalue weighted by molar-refractivity contribution is 0.373. The summed E-state index contributed by atoms with van der Waals surface area (Å²) < 4.78 is 5.01. The average Bonchev–Trinajstić information content (AvgIpc) is 2.46. The highest BCUT2D eigenvalue weighted by Gasteiger charge is 2.02. The number of hydrogen-bond acceptors (Lipinski definition) is 4. The molecule has 0 unspecified atom stereocenters. The van der Waals surface area contributed by atoms with E-state index >= 15 is 0 Å². The number of rotatable bonds is 5. The Morgan fingerprint density at radius 2 is 1.89 bits per heavy atom. The Morgan fingerprint density at radius 3 is 2.47 bits per heavy atom. The van der Waals surface area contributed by atoms with Crippen LogP contribution in [0.1, 0.15) is 5.56 Å². The van der Waals surface area contributed by atoms with Gasteiger partial charge in [0.05, 0.1) is 7.11 Å². The van der Waals surface area contributed by atoms with Gasteiger partial charge in [-0.1, -0.05) is 12.1 Å². The van der Waals surface area contributed by atoms with Crippen LogP contribution in [0.15, 0.2) is 47.4 Å². The van der Waals surface area contributed by atoms with Crippen molar-refractivity contribution in [3.05, 3.63) is 48.0 Å². The van der Waals surface area contributed by atoms with Gasteiger partial charge in [0, 0.05) is 23.2 Å². The van der Waals surface area contributed by atoms with Crippen molar-refractivity contribution in [2.45, 2.75) is 11.4 Å². The molecule has 0 radical (unpaired) electrons. The number of thioether (sulfide) groups is 1. The maximum Gasteiger partial charge on any atom is 0.160 e. The third-order valence-electron chi connectivity index (χ3n) is 2.83. The van der Waals surface area contributed by atoms with Crippen molar-refractivity contribution >= 4 is 17.4 Å². The predicted octanol–water partition coefficient (Wildman–Crippen LogP) is 3.73. The average molecular weight is 275 g/mol. The summed E-state index contributed by atoms with van der Waals surface area (Å²) in [4.78, 5) is 1.26. The highest BCUT2D eigenvalue weighted by molar-refractivity contribution is 7.98. The molecule has 0 spiro atoms. The second-order valence-electron chi connectivity index (χ2n) is 4.09. The first kappa shape index (κ1) is 13.6. The van der Waals surface area contributed by atoms with E-state index in [-0.39, 0.29) is 5.75 Å². The van der Waals surface area contributed by atoms with E-state index in [4.69, 9.17) is 4.74 Å². The van der Waals surface area contributed by atoms with Crippen LogP contribution in [-0.2, 0) is 6.54 Å². The van der Waals surface area contributed by atoms with Gasteiger partial charge in [-0.25, -0.2) is 0 Å². The molecule has 2 aromatic carbocycles. The van der Waals surface area contributed by atoms with Crippen LogP contribution in [0.3, 0.4) is 0 Å². The van der Waals surface area contributed by atoms with E-state index in [0.29, 0.717) is 5.75 Å². The molecule has 0 atom stereocenters. The van der Waals surface area contributed by atoms with E-state index in [9.17, 15) is 5.11 Å². The van der Waals surface area contributed by atoms with Crippen LogP contribution >= 0.6 is 11.8 Å². The smallest absolute Gasteiger partial charge is 0.160 e. The fourth-order valence-electron chi connectivity index (χ4n) is 1.75. The molecule has 2 rings (SSSR count). The van der Waals surface area contributed by atoms with Crippen molar-refractivity contribution in [1.29, 1.82) is 0 Å². The second kappa shape index (κ2) is 6.38. The summed E-state index contributed by atoms with van der Waals surface area (Å²) in [6.07, 6.45) is 2.06. The molecule has 0 heterocycles. The molecule has 3 nitrogen and oxygen atoms in total. The molecule has 19 heavy (non-hydrogen) atoms. The van der Waals surface area contributed by atoms with Crippen LogP contribution < -0.4 is 10.1 Å². The number of phenols is 1. The number of ether oxygens (including phenoxy) is 1. The Hall–Kier alpha value is -1.81. The number of anilines is 1. The van der Waals surface area contributed by atoms with Crippen LogP contribution in [0.4, 0.5) is 5.69 Å². The second-order valence-corrected chi connectivity index (χ2v) is 4.97. The summed E-state index contributed by atoms with van der Waals surface area (Å²) >= 11 is 1.73. The Labute approximate surface area is 117 Å². The molecule has 100 valence electrons. The Morgan fingerprint density at radius 1 is 1.16 bits per heavy atom. The van der Waals surface area contributed by atoms with E-state index < -0.39 is 0 Å². The van der Waals surface area contributed by atoms with Crippen LogP contribution in [0.25, 0.3) is 0 Å². The minimum atomic E-state index is 0.144. The first-order valence-electron chi connectivity index (χ1n) is 5.96. The molecular formula is C15H17NO2S. The molecule has 0 aromatic heterocycles. The van der Waals surface area contributed by atoms with Gasteiger partial charge in [-0.2, -0.15) is 0 Å². The number of phenolic OH excluding ortho intramolecular Hbond substituents is 1. The Bertz CT molecular complexity index is 540. The molecule has 0 aliphatic rings. The highest BCUT2D eigenvalue weighted by atomic mass is 32.2. The minimum Gasteiger partial charge on any atom is -0.504 e. The summed E-state index contributed by atoms with van der Waals surface area (Å²) in [6.45, 7) is 0.723. The van der Waals surface area contributed by atoms with E-state index in [1.54, 1.807) is 23.9 Å². The first-order valence-corrected chi connectivity index (χ1v) is 7.19. The van der Waals surface area contributed by atoms with Gasteiger partial charge in [0.2, 0.25) is 0 Å². The molecule has 2 N–H and O–H groups in total. The van der Waals surface area contributed by atoms with Crippen LogP contribution in [0, 0.1) is 0 Å². The monoisotopic (exact) mass is 275 g/mol. The zero-order chi connectivity index (χ0) is 13.7. The zero-order valence-electron chi connectivity index (χ0n) is 11.0. The number of benzene rings is 2. The van der Waals surface area contributed by atoms with E-state index in [0.717, 1.165) is 12.2 Å². The van der Waals surface area contributed by atoms with Crippen molar-refractivity contribution in [3.63, 3.8) is 0 Å². The summed E-state index contributed by atoms with van der Waals surface area (Å²) in [7, 11) is 1.54. The number of methoxy groups -OCH3 is 1. The molecule has 0 aliphatic carbocycles. The standard InChI is InChI=1S/C15H17NO2S/c1-18-15-8-5-12(9-14(15)17)16-10-11-3-6-13(19-2)7-4-11/h3-9,16-17H,10H2,1-2H3. The third kappa shape index (κ3) is 3.58. The van der Waals surface area contributed by atoms with Crippen molar-refractivity contribution < 1.29 is 9.84 Å². The van der Waals surface area contributed by atoms with Crippen molar-refractivity contribution in [1.82, 2.24) is 0 Å².